The molecular formula is C26H30F5N7S2. The molecule has 14 heteroatoms. The second kappa shape index (κ2) is 11.1. The summed E-state index contributed by atoms with van der Waals surface area (Å²) >= 11 is 8.86. The van der Waals surface area contributed by atoms with Crippen molar-refractivity contribution in [2.24, 2.45) is 0 Å². The number of benzene rings is 1. The van der Waals surface area contributed by atoms with Gasteiger partial charge in [0.1, 0.15) is 5.82 Å². The molecule has 0 atom stereocenters. The van der Waals surface area contributed by atoms with Crippen molar-refractivity contribution in [3.05, 3.63) is 54.0 Å². The van der Waals surface area contributed by atoms with E-state index in [0.717, 1.165) is 5.70 Å². The smallest absolute Gasteiger partial charge is 0.266 e. The highest BCUT2D eigenvalue weighted by Gasteiger charge is 2.37. The number of rotatable bonds is 6. The number of imidazole rings is 1. The van der Waals surface area contributed by atoms with Crippen molar-refractivity contribution >= 4 is 47.8 Å². The number of alkyl halides is 4. The molecule has 3 aromatic heterocycles. The Morgan fingerprint density at radius 2 is 1.95 bits per heavy atom. The van der Waals surface area contributed by atoms with Crippen LogP contribution in [0, 0.1) is 12.7 Å². The number of halogens is 5. The molecular weight excluding hydrogens is 569 g/mol. The first-order valence-corrected chi connectivity index (χ1v) is 13.3. The Bertz CT molecular complexity index is 1560. The predicted octanol–water partition coefficient (Wildman–Crippen LogP) is 6.02. The van der Waals surface area contributed by atoms with Gasteiger partial charge in [-0.05, 0) is 38.5 Å². The summed E-state index contributed by atoms with van der Waals surface area (Å²) in [5.41, 5.74) is 9.22. The molecule has 1 aliphatic heterocycles. The molecule has 1 fully saturated rings. The summed E-state index contributed by atoms with van der Waals surface area (Å²) in [5.74, 6) is -2.57. The minimum atomic E-state index is -2.54. The predicted molar refractivity (Wildman–Crippen MR) is 153 cm³/mol. The summed E-state index contributed by atoms with van der Waals surface area (Å²) in [7, 11) is 0. The largest absolute Gasteiger partial charge is 0.369 e. The van der Waals surface area contributed by atoms with Gasteiger partial charge in [-0.1, -0.05) is 12.6 Å². The summed E-state index contributed by atoms with van der Waals surface area (Å²) in [6.07, 6.45) is -1.06. The zero-order valence-electron chi connectivity index (χ0n) is 22.2. The van der Waals surface area contributed by atoms with E-state index < -0.39 is 28.8 Å². The van der Waals surface area contributed by atoms with Gasteiger partial charge in [0.2, 0.25) is 5.95 Å². The minimum absolute atomic E-state index is 0.00828. The first kappa shape index (κ1) is 30.0. The first-order valence-electron chi connectivity index (χ1n) is 12.4. The summed E-state index contributed by atoms with van der Waals surface area (Å²) in [6.45, 7) is 8.59. The zero-order chi connectivity index (χ0) is 29.6. The number of hydrogen-bond acceptors (Lipinski definition) is 7. The van der Waals surface area contributed by atoms with E-state index in [1.54, 1.807) is 43.9 Å². The molecule has 2 N–H and O–H groups in total. The van der Waals surface area contributed by atoms with E-state index >= 15 is 4.39 Å². The van der Waals surface area contributed by atoms with Gasteiger partial charge in [0.25, 0.3) is 12.3 Å². The maximum Gasteiger partial charge on any atom is 0.266 e. The summed E-state index contributed by atoms with van der Waals surface area (Å²) in [4.78, 5) is 10.2. The van der Waals surface area contributed by atoms with Gasteiger partial charge >= 0.3 is 0 Å². The molecule has 5 rings (SSSR count). The normalized spacial score (nSPS) is 15.2. The van der Waals surface area contributed by atoms with Crippen LogP contribution in [-0.4, -0.2) is 58.6 Å². The van der Waals surface area contributed by atoms with Crippen molar-refractivity contribution in [1.82, 2.24) is 29.0 Å². The molecule has 1 aliphatic rings. The van der Waals surface area contributed by atoms with E-state index in [0.29, 0.717) is 40.2 Å². The SMILES string of the molecule is C=C(C)N1CCC(F)(F)C1.Cc1nc2ccc(-c3c(F)cn4nc(N)nc(CC(C)(S)S)c34)cc2n1CC(F)F. The number of fused-ring (bicyclic) bond motifs is 2. The quantitative estimate of drug-likeness (QED) is 0.144. The first-order chi connectivity index (χ1) is 18.5. The fourth-order valence-electron chi connectivity index (χ4n) is 4.69. The van der Waals surface area contributed by atoms with Crippen LogP contribution >= 0.6 is 25.3 Å². The molecule has 40 heavy (non-hydrogen) atoms. The molecule has 0 radical (unpaired) electrons. The number of anilines is 1. The van der Waals surface area contributed by atoms with Gasteiger partial charge in [-0.2, -0.15) is 25.3 Å². The Labute approximate surface area is 239 Å². The van der Waals surface area contributed by atoms with Crippen LogP contribution in [0.3, 0.4) is 0 Å². The molecule has 0 bridgehead atoms. The number of nitrogen functional groups attached to an aromatic ring is 1. The van der Waals surface area contributed by atoms with Crippen molar-refractivity contribution < 1.29 is 22.0 Å². The van der Waals surface area contributed by atoms with Crippen molar-refractivity contribution in [3.63, 3.8) is 0 Å². The maximum absolute atomic E-state index is 15.0. The Balaban J connectivity index is 0.000000312. The van der Waals surface area contributed by atoms with Crippen LogP contribution in [0.15, 0.2) is 36.7 Å². The van der Waals surface area contributed by atoms with Crippen LogP contribution < -0.4 is 5.73 Å². The highest BCUT2D eigenvalue weighted by atomic mass is 32.2. The highest BCUT2D eigenvalue weighted by Crippen LogP contribution is 2.35. The third-order valence-electron chi connectivity index (χ3n) is 6.43. The number of aryl methyl sites for hydroxylation is 1. The molecule has 4 aromatic rings. The van der Waals surface area contributed by atoms with Gasteiger partial charge in [-0.25, -0.2) is 36.4 Å². The van der Waals surface area contributed by atoms with Crippen LogP contribution in [0.4, 0.5) is 27.9 Å². The van der Waals surface area contributed by atoms with Gasteiger partial charge in [0, 0.05) is 30.6 Å². The van der Waals surface area contributed by atoms with Crippen LogP contribution in [0.1, 0.15) is 31.8 Å². The number of thiol groups is 2. The third-order valence-corrected chi connectivity index (χ3v) is 6.75. The molecule has 1 aromatic carbocycles. The zero-order valence-corrected chi connectivity index (χ0v) is 24.0. The molecule has 0 unspecified atom stereocenters. The van der Waals surface area contributed by atoms with Crippen molar-refractivity contribution in [3.8, 4) is 11.1 Å². The van der Waals surface area contributed by atoms with E-state index in [2.05, 4.69) is 46.9 Å². The van der Waals surface area contributed by atoms with Gasteiger partial charge in [0.05, 0.1) is 45.6 Å². The second-order valence-electron chi connectivity index (χ2n) is 10.1. The third kappa shape index (κ3) is 6.65. The number of likely N-dealkylation sites (tertiary alicyclic amines) is 1. The fraction of sp³-hybridized carbons (Fsp3) is 0.423. The van der Waals surface area contributed by atoms with Gasteiger partial charge in [-0.15, -0.1) is 5.10 Å². The average Bonchev–Trinajstić information content (AvgIpc) is 3.44. The average molecular weight is 600 g/mol. The van der Waals surface area contributed by atoms with E-state index in [9.17, 15) is 17.6 Å². The fourth-order valence-corrected chi connectivity index (χ4v) is 4.99. The lowest BCUT2D eigenvalue weighted by molar-refractivity contribution is 0.0152. The minimum Gasteiger partial charge on any atom is -0.369 e. The number of nitrogens with zero attached hydrogens (tertiary/aromatic N) is 6. The van der Waals surface area contributed by atoms with Gasteiger partial charge in [0.15, 0.2) is 5.82 Å². The monoisotopic (exact) mass is 599 g/mol. The van der Waals surface area contributed by atoms with E-state index in [4.69, 9.17) is 5.73 Å². The molecule has 1 saturated heterocycles. The van der Waals surface area contributed by atoms with Crippen LogP contribution in [-0.2, 0) is 13.0 Å². The lowest BCUT2D eigenvalue weighted by Crippen LogP contribution is -2.23. The standard InChI is InChI=1S/C19H19F3N6S2.C7H11F2N/c1-9-24-12-4-3-10(5-14(12)27(9)8-15(21)22)16-11(20)7-28-17(16)13(6-19(2,29)30)25-18(23)26-28;1-6(2)10-4-3-7(8,9)5-10/h3-5,7,15,29-30H,6,8H2,1-2H3,(H2,23,26);1,3-5H2,2H3. The number of nitrogens with two attached hydrogens (primary N) is 1. The van der Waals surface area contributed by atoms with E-state index in [1.165, 1.54) is 15.3 Å². The van der Waals surface area contributed by atoms with Crippen molar-refractivity contribution in [1.29, 1.82) is 0 Å². The summed E-state index contributed by atoms with van der Waals surface area (Å²) in [5, 5.41) is 4.07. The van der Waals surface area contributed by atoms with Gasteiger partial charge in [-0.3, -0.25) is 0 Å². The molecule has 4 heterocycles. The summed E-state index contributed by atoms with van der Waals surface area (Å²) in [6, 6.07) is 5.03. The maximum atomic E-state index is 15.0. The number of aromatic nitrogens is 5. The van der Waals surface area contributed by atoms with Crippen LogP contribution in [0.25, 0.3) is 27.7 Å². The van der Waals surface area contributed by atoms with E-state index in [-0.39, 0.29) is 30.9 Å². The molecule has 7 nitrogen and oxygen atoms in total. The lowest BCUT2D eigenvalue weighted by Gasteiger charge is -2.17. The summed E-state index contributed by atoms with van der Waals surface area (Å²) < 4.78 is 68.1. The highest BCUT2D eigenvalue weighted by molar-refractivity contribution is 8.00. The topological polar surface area (TPSA) is 77.3 Å². The van der Waals surface area contributed by atoms with Crippen LogP contribution in [0.2, 0.25) is 0 Å². The Morgan fingerprint density at radius 1 is 1.25 bits per heavy atom. The number of allylic oxidation sites excluding steroid dienone is 1. The Morgan fingerprint density at radius 3 is 2.50 bits per heavy atom. The molecule has 0 saturated carbocycles. The van der Waals surface area contributed by atoms with Crippen LogP contribution in [0.5, 0.6) is 0 Å². The molecule has 0 amide bonds. The molecule has 0 aliphatic carbocycles. The Kier molecular flexibility index (Phi) is 8.32. The molecule has 0 spiro atoms. The lowest BCUT2D eigenvalue weighted by atomic mass is 10.0. The van der Waals surface area contributed by atoms with Crippen molar-refractivity contribution in [2.75, 3.05) is 18.8 Å². The van der Waals surface area contributed by atoms with Crippen molar-refractivity contribution in [2.45, 2.75) is 56.6 Å². The second-order valence-corrected chi connectivity index (χ2v) is 12.4. The molecule has 216 valence electrons. The Hall–Kier alpha value is -3.00. The van der Waals surface area contributed by atoms with E-state index in [1.807, 2.05) is 0 Å². The van der Waals surface area contributed by atoms with Gasteiger partial charge < -0.3 is 15.2 Å². The number of hydrogen-bond donors (Lipinski definition) is 3.